The average Bonchev–Trinajstić information content (AvgIpc) is 3.22. The molecule has 2 aromatic heterocycles. The van der Waals surface area contributed by atoms with Gasteiger partial charge in [-0.1, -0.05) is 49.4 Å². The summed E-state index contributed by atoms with van der Waals surface area (Å²) in [6, 6.07) is 17.6. The number of para-hydroxylation sites is 1. The van der Waals surface area contributed by atoms with Gasteiger partial charge in [0.05, 0.1) is 17.8 Å². The number of nitrogens with zero attached hydrogens (tertiary/aromatic N) is 1. The van der Waals surface area contributed by atoms with E-state index in [1.807, 2.05) is 43.3 Å². The topological polar surface area (TPSA) is 98.5 Å². The summed E-state index contributed by atoms with van der Waals surface area (Å²) < 4.78 is 41.3. The zero-order valence-electron chi connectivity index (χ0n) is 19.4. The molecular weight excluding hydrogens is 464 g/mol. The molecule has 0 saturated carbocycles. The van der Waals surface area contributed by atoms with Crippen molar-refractivity contribution in [3.63, 3.8) is 0 Å². The zero-order chi connectivity index (χ0) is 24.6. The Morgan fingerprint density at radius 1 is 1.00 bits per heavy atom. The molecule has 1 N–H and O–H groups in total. The Balaban J connectivity index is 1.74. The summed E-state index contributed by atoms with van der Waals surface area (Å²) >= 11 is 0. The van der Waals surface area contributed by atoms with Gasteiger partial charge in [-0.15, -0.1) is 0 Å². The van der Waals surface area contributed by atoms with Gasteiger partial charge in [0.25, 0.3) is 10.0 Å². The van der Waals surface area contributed by atoms with E-state index in [2.05, 4.69) is 9.71 Å². The Morgan fingerprint density at radius 3 is 2.54 bits per heavy atom. The van der Waals surface area contributed by atoms with Crippen LogP contribution in [0.5, 0.6) is 0 Å². The Kier molecular flexibility index (Phi) is 5.90. The fourth-order valence-electron chi connectivity index (χ4n) is 4.38. The number of carbonyl (C=O) groups excluding carboxylic acids is 1. The van der Waals surface area contributed by atoms with Crippen LogP contribution in [0.3, 0.4) is 0 Å². The van der Waals surface area contributed by atoms with Crippen LogP contribution in [0.1, 0.15) is 36.4 Å². The van der Waals surface area contributed by atoms with Crippen molar-refractivity contribution in [1.29, 1.82) is 0 Å². The number of esters is 1. The van der Waals surface area contributed by atoms with E-state index >= 15 is 0 Å². The van der Waals surface area contributed by atoms with E-state index in [4.69, 9.17) is 9.15 Å². The van der Waals surface area contributed by atoms with Crippen molar-refractivity contribution in [3.8, 4) is 0 Å². The highest BCUT2D eigenvalue weighted by Crippen LogP contribution is 2.38. The molecule has 2 heterocycles. The van der Waals surface area contributed by atoms with Gasteiger partial charge in [-0.05, 0) is 31.5 Å². The first-order chi connectivity index (χ1) is 16.9. The predicted octanol–water partition coefficient (Wildman–Crippen LogP) is 6.06. The summed E-state index contributed by atoms with van der Waals surface area (Å²) in [7, 11) is -4.01. The third-order valence-corrected chi connectivity index (χ3v) is 7.25. The summed E-state index contributed by atoms with van der Waals surface area (Å²) in [5, 5.41) is 2.59. The number of sulfonamides is 1. The standard InChI is InChI=1S/C27H24N2O5S/c1-3-9-22-24(27(30)33-4-2)20-16-21(18-12-5-6-13-19(18)26(20)34-22)29-35(31,32)23-14-7-10-17-11-8-15-28-25(17)23/h5-8,10-16,29H,3-4,9H2,1-2H3. The van der Waals surface area contributed by atoms with Gasteiger partial charge in [0, 0.05) is 34.2 Å². The minimum atomic E-state index is -4.01. The first-order valence-electron chi connectivity index (χ1n) is 11.5. The third-order valence-electron chi connectivity index (χ3n) is 5.85. The van der Waals surface area contributed by atoms with Crippen LogP contribution in [-0.2, 0) is 21.2 Å². The normalized spacial score (nSPS) is 11.8. The largest absolute Gasteiger partial charge is 0.462 e. The van der Waals surface area contributed by atoms with Crippen LogP contribution in [0.25, 0.3) is 32.6 Å². The lowest BCUT2D eigenvalue weighted by atomic mass is 10.0. The number of ether oxygens (including phenoxy) is 1. The molecule has 35 heavy (non-hydrogen) atoms. The Bertz CT molecular complexity index is 1680. The number of anilines is 1. The molecule has 0 aliphatic rings. The van der Waals surface area contributed by atoms with Crippen LogP contribution in [0.4, 0.5) is 5.69 Å². The van der Waals surface area contributed by atoms with E-state index in [0.29, 0.717) is 50.7 Å². The van der Waals surface area contributed by atoms with E-state index in [1.165, 1.54) is 6.07 Å². The maximum atomic E-state index is 13.6. The Morgan fingerprint density at radius 2 is 1.77 bits per heavy atom. The highest BCUT2D eigenvalue weighted by molar-refractivity contribution is 7.93. The zero-order valence-corrected chi connectivity index (χ0v) is 20.2. The van der Waals surface area contributed by atoms with E-state index in [-0.39, 0.29) is 11.5 Å². The molecule has 0 spiro atoms. The molecule has 5 rings (SSSR count). The molecule has 7 nitrogen and oxygen atoms in total. The number of carbonyl (C=O) groups is 1. The van der Waals surface area contributed by atoms with Crippen molar-refractivity contribution in [2.75, 3.05) is 11.3 Å². The number of aryl methyl sites for hydroxylation is 1. The van der Waals surface area contributed by atoms with Crippen molar-refractivity contribution in [3.05, 3.63) is 78.2 Å². The van der Waals surface area contributed by atoms with Crippen molar-refractivity contribution < 1.29 is 22.4 Å². The minimum absolute atomic E-state index is 0.0734. The van der Waals surface area contributed by atoms with Gasteiger partial charge in [0.2, 0.25) is 0 Å². The maximum absolute atomic E-state index is 13.6. The smallest absolute Gasteiger partial charge is 0.342 e. The molecule has 0 atom stereocenters. The predicted molar refractivity (Wildman–Crippen MR) is 136 cm³/mol. The van der Waals surface area contributed by atoms with E-state index < -0.39 is 16.0 Å². The van der Waals surface area contributed by atoms with Crippen LogP contribution < -0.4 is 4.72 Å². The summed E-state index contributed by atoms with van der Waals surface area (Å²) in [5.41, 5.74) is 1.59. The highest BCUT2D eigenvalue weighted by Gasteiger charge is 2.26. The van der Waals surface area contributed by atoms with E-state index in [1.54, 1.807) is 31.3 Å². The van der Waals surface area contributed by atoms with E-state index in [0.717, 1.165) is 11.8 Å². The summed E-state index contributed by atoms with van der Waals surface area (Å²) in [4.78, 5) is 17.2. The second kappa shape index (κ2) is 9.03. The Labute approximate surface area is 202 Å². The second-order valence-corrected chi connectivity index (χ2v) is 9.80. The third kappa shape index (κ3) is 4.00. The quantitative estimate of drug-likeness (QED) is 0.279. The molecule has 0 bridgehead atoms. The van der Waals surface area contributed by atoms with Crippen LogP contribution >= 0.6 is 0 Å². The lowest BCUT2D eigenvalue weighted by molar-refractivity contribution is 0.0526. The number of rotatable bonds is 7. The molecule has 0 aliphatic carbocycles. The minimum Gasteiger partial charge on any atom is -0.462 e. The number of pyridine rings is 1. The first kappa shape index (κ1) is 22.9. The first-order valence-corrected chi connectivity index (χ1v) is 12.9. The van der Waals surface area contributed by atoms with Crippen molar-refractivity contribution >= 4 is 54.3 Å². The lowest BCUT2D eigenvalue weighted by Gasteiger charge is -2.13. The average molecular weight is 489 g/mol. The molecule has 0 saturated heterocycles. The SMILES string of the molecule is CCCc1oc2c(cc(NS(=O)(=O)c3cccc4cccnc34)c3ccccc32)c1C(=O)OCC. The monoisotopic (exact) mass is 488 g/mol. The van der Waals surface area contributed by atoms with Gasteiger partial charge < -0.3 is 9.15 Å². The fourth-order valence-corrected chi connectivity index (χ4v) is 5.63. The van der Waals surface area contributed by atoms with Crippen molar-refractivity contribution in [2.45, 2.75) is 31.6 Å². The van der Waals surface area contributed by atoms with Crippen molar-refractivity contribution in [2.24, 2.45) is 0 Å². The molecule has 5 aromatic rings. The van der Waals surface area contributed by atoms with Crippen LogP contribution in [0.2, 0.25) is 0 Å². The molecule has 0 aliphatic heterocycles. The number of hydrogen-bond donors (Lipinski definition) is 1. The van der Waals surface area contributed by atoms with Crippen LogP contribution in [0, 0.1) is 0 Å². The number of fused-ring (bicyclic) bond motifs is 4. The molecule has 3 aromatic carbocycles. The van der Waals surface area contributed by atoms with Gasteiger partial charge >= 0.3 is 5.97 Å². The lowest BCUT2D eigenvalue weighted by Crippen LogP contribution is -2.14. The Hall–Kier alpha value is -3.91. The summed E-state index contributed by atoms with van der Waals surface area (Å²) in [6.07, 6.45) is 2.90. The van der Waals surface area contributed by atoms with Gasteiger partial charge in [0.15, 0.2) is 0 Å². The molecule has 0 fully saturated rings. The molecule has 0 amide bonds. The number of benzene rings is 3. The number of aromatic nitrogens is 1. The maximum Gasteiger partial charge on any atom is 0.342 e. The molecule has 8 heteroatoms. The van der Waals surface area contributed by atoms with Crippen LogP contribution in [-0.4, -0.2) is 26.0 Å². The van der Waals surface area contributed by atoms with Gasteiger partial charge in [-0.3, -0.25) is 9.71 Å². The van der Waals surface area contributed by atoms with E-state index in [9.17, 15) is 13.2 Å². The van der Waals surface area contributed by atoms with Gasteiger partial charge in [-0.2, -0.15) is 0 Å². The highest BCUT2D eigenvalue weighted by atomic mass is 32.2. The summed E-state index contributed by atoms with van der Waals surface area (Å²) in [6.45, 7) is 3.96. The fraction of sp³-hybridized carbons (Fsp3) is 0.185. The molecule has 0 radical (unpaired) electrons. The molecular formula is C27H24N2O5S. The number of nitrogens with one attached hydrogen (secondary N) is 1. The number of furan rings is 1. The van der Waals surface area contributed by atoms with Gasteiger partial charge in [0.1, 0.15) is 21.8 Å². The molecule has 178 valence electrons. The van der Waals surface area contributed by atoms with Crippen molar-refractivity contribution in [1.82, 2.24) is 4.98 Å². The van der Waals surface area contributed by atoms with Gasteiger partial charge in [-0.25, -0.2) is 13.2 Å². The number of hydrogen-bond acceptors (Lipinski definition) is 6. The summed E-state index contributed by atoms with van der Waals surface area (Å²) in [5.74, 6) is 0.0430. The van der Waals surface area contributed by atoms with Crippen LogP contribution in [0.15, 0.2) is 76.2 Å². The second-order valence-electron chi connectivity index (χ2n) is 8.15. The molecule has 0 unspecified atom stereocenters.